The fourth-order valence-corrected chi connectivity index (χ4v) is 2.20. The summed E-state index contributed by atoms with van der Waals surface area (Å²) in [6.07, 6.45) is 2.88. The lowest BCUT2D eigenvalue weighted by Crippen LogP contribution is -2.17. The minimum absolute atomic E-state index is 0.0203. The van der Waals surface area contributed by atoms with E-state index < -0.39 is 6.09 Å². The first-order valence-corrected chi connectivity index (χ1v) is 6.66. The fourth-order valence-electron chi connectivity index (χ4n) is 1.65. The fraction of sp³-hybridized carbons (Fsp3) is 0.385. The molecule has 19 heavy (non-hydrogen) atoms. The second kappa shape index (κ2) is 8.02. The van der Waals surface area contributed by atoms with Gasteiger partial charge < -0.3 is 4.74 Å². The maximum absolute atomic E-state index is 10.9. The van der Waals surface area contributed by atoms with Crippen LogP contribution in [-0.4, -0.2) is 19.4 Å². The monoisotopic (exact) mass is 302 g/mol. The maximum atomic E-state index is 10.9. The SMILES string of the molecule is CCCC(C=NNC(=O)OC)c1ccc(Cl)cc1Cl. The molecule has 0 saturated heterocycles. The van der Waals surface area contributed by atoms with Crippen molar-refractivity contribution in [2.75, 3.05) is 7.11 Å². The molecule has 1 unspecified atom stereocenters. The van der Waals surface area contributed by atoms with Gasteiger partial charge in [0.25, 0.3) is 0 Å². The summed E-state index contributed by atoms with van der Waals surface area (Å²) in [4.78, 5) is 10.9. The maximum Gasteiger partial charge on any atom is 0.427 e. The van der Waals surface area contributed by atoms with Crippen LogP contribution in [0.1, 0.15) is 31.2 Å². The summed E-state index contributed by atoms with van der Waals surface area (Å²) in [5.41, 5.74) is 3.19. The van der Waals surface area contributed by atoms with Crippen LogP contribution in [0.25, 0.3) is 0 Å². The zero-order valence-electron chi connectivity index (χ0n) is 10.8. The lowest BCUT2D eigenvalue weighted by molar-refractivity contribution is 0.171. The third kappa shape index (κ3) is 5.09. The highest BCUT2D eigenvalue weighted by molar-refractivity contribution is 6.35. The average Bonchev–Trinajstić information content (AvgIpc) is 2.38. The van der Waals surface area contributed by atoms with Gasteiger partial charge in [0, 0.05) is 22.2 Å². The third-order valence-electron chi connectivity index (χ3n) is 2.56. The summed E-state index contributed by atoms with van der Waals surface area (Å²) in [7, 11) is 1.28. The molecule has 0 saturated carbocycles. The molecule has 0 radical (unpaired) electrons. The number of amides is 1. The van der Waals surface area contributed by atoms with Crippen molar-refractivity contribution in [3.05, 3.63) is 33.8 Å². The normalized spacial score (nSPS) is 12.4. The Labute approximate surface area is 122 Å². The topological polar surface area (TPSA) is 50.7 Å². The average molecular weight is 303 g/mol. The number of benzene rings is 1. The molecule has 1 aromatic rings. The molecule has 1 atom stereocenters. The van der Waals surface area contributed by atoms with Crippen LogP contribution < -0.4 is 5.43 Å². The standard InChI is InChI=1S/C13H16Cl2N2O2/c1-3-4-9(8-16-17-13(18)19-2)11-6-5-10(14)7-12(11)15/h5-9H,3-4H2,1-2H3,(H,17,18). The van der Waals surface area contributed by atoms with Gasteiger partial charge in [-0.2, -0.15) is 5.10 Å². The van der Waals surface area contributed by atoms with Gasteiger partial charge in [0.15, 0.2) is 0 Å². The van der Waals surface area contributed by atoms with Crippen LogP contribution in [0.4, 0.5) is 4.79 Å². The number of halogens is 2. The van der Waals surface area contributed by atoms with Gasteiger partial charge in [0.1, 0.15) is 0 Å². The van der Waals surface area contributed by atoms with Crippen molar-refractivity contribution in [2.24, 2.45) is 5.10 Å². The molecule has 104 valence electrons. The molecule has 0 fully saturated rings. The summed E-state index contributed by atoms with van der Waals surface area (Å²) < 4.78 is 4.43. The molecule has 0 aliphatic rings. The number of nitrogens with one attached hydrogen (secondary N) is 1. The molecular formula is C13H16Cl2N2O2. The molecule has 1 aromatic carbocycles. The first-order chi connectivity index (χ1) is 9.08. The Bertz CT molecular complexity index is 464. The predicted molar refractivity (Wildman–Crippen MR) is 78.1 cm³/mol. The zero-order valence-corrected chi connectivity index (χ0v) is 12.3. The number of carbonyl (C=O) groups is 1. The van der Waals surface area contributed by atoms with Crippen molar-refractivity contribution >= 4 is 35.5 Å². The first-order valence-electron chi connectivity index (χ1n) is 5.90. The van der Waals surface area contributed by atoms with Gasteiger partial charge in [0.2, 0.25) is 0 Å². The number of hydrogen-bond donors (Lipinski definition) is 1. The van der Waals surface area contributed by atoms with Gasteiger partial charge in [-0.05, 0) is 24.1 Å². The first kappa shape index (κ1) is 15.8. The van der Waals surface area contributed by atoms with Gasteiger partial charge in [-0.25, -0.2) is 10.2 Å². The van der Waals surface area contributed by atoms with E-state index in [0.717, 1.165) is 18.4 Å². The van der Waals surface area contributed by atoms with Gasteiger partial charge in [-0.3, -0.25) is 0 Å². The Kier molecular flexibility index (Phi) is 6.67. The van der Waals surface area contributed by atoms with Crippen LogP contribution in [-0.2, 0) is 4.74 Å². The smallest absolute Gasteiger partial charge is 0.427 e. The van der Waals surface area contributed by atoms with E-state index in [4.69, 9.17) is 23.2 Å². The molecule has 6 heteroatoms. The summed E-state index contributed by atoms with van der Waals surface area (Å²) in [5, 5.41) is 5.04. The van der Waals surface area contributed by atoms with Crippen molar-refractivity contribution < 1.29 is 9.53 Å². The number of nitrogens with zero attached hydrogens (tertiary/aromatic N) is 1. The second-order valence-corrected chi connectivity index (χ2v) is 4.79. The van der Waals surface area contributed by atoms with Crippen molar-refractivity contribution in [3.63, 3.8) is 0 Å². The molecule has 0 bridgehead atoms. The van der Waals surface area contributed by atoms with E-state index in [-0.39, 0.29) is 5.92 Å². The number of hydrogen-bond acceptors (Lipinski definition) is 3. The van der Waals surface area contributed by atoms with E-state index in [9.17, 15) is 4.79 Å². The molecular weight excluding hydrogens is 287 g/mol. The van der Waals surface area contributed by atoms with Crippen LogP contribution >= 0.6 is 23.2 Å². The number of ether oxygens (including phenoxy) is 1. The third-order valence-corrected chi connectivity index (χ3v) is 3.12. The van der Waals surface area contributed by atoms with Crippen molar-refractivity contribution in [1.29, 1.82) is 0 Å². The zero-order chi connectivity index (χ0) is 14.3. The molecule has 1 amide bonds. The van der Waals surface area contributed by atoms with E-state index in [1.165, 1.54) is 7.11 Å². The van der Waals surface area contributed by atoms with Gasteiger partial charge >= 0.3 is 6.09 Å². The van der Waals surface area contributed by atoms with Crippen LogP contribution in [0.5, 0.6) is 0 Å². The lowest BCUT2D eigenvalue weighted by atomic mass is 9.96. The molecule has 4 nitrogen and oxygen atoms in total. The predicted octanol–water partition coefficient (Wildman–Crippen LogP) is 4.22. The molecule has 0 aliphatic carbocycles. The van der Waals surface area contributed by atoms with Crippen LogP contribution in [0.2, 0.25) is 10.0 Å². The highest BCUT2D eigenvalue weighted by atomic mass is 35.5. The lowest BCUT2D eigenvalue weighted by Gasteiger charge is -2.13. The Morgan fingerprint density at radius 1 is 1.53 bits per heavy atom. The van der Waals surface area contributed by atoms with E-state index in [1.807, 2.05) is 6.07 Å². The highest BCUT2D eigenvalue weighted by Gasteiger charge is 2.12. The van der Waals surface area contributed by atoms with Gasteiger partial charge in [-0.15, -0.1) is 0 Å². The minimum Gasteiger partial charge on any atom is -0.452 e. The summed E-state index contributed by atoms with van der Waals surface area (Å²) in [6, 6.07) is 5.35. The number of carbonyl (C=O) groups excluding carboxylic acids is 1. The number of methoxy groups -OCH3 is 1. The highest BCUT2D eigenvalue weighted by Crippen LogP contribution is 2.29. The second-order valence-electron chi connectivity index (χ2n) is 3.94. The van der Waals surface area contributed by atoms with E-state index in [1.54, 1.807) is 18.3 Å². The quantitative estimate of drug-likeness (QED) is 0.654. The van der Waals surface area contributed by atoms with Crippen molar-refractivity contribution in [1.82, 2.24) is 5.43 Å². The largest absolute Gasteiger partial charge is 0.452 e. The van der Waals surface area contributed by atoms with Crippen LogP contribution in [0.3, 0.4) is 0 Å². The van der Waals surface area contributed by atoms with Gasteiger partial charge in [0.05, 0.1) is 7.11 Å². The number of hydrazone groups is 1. The summed E-state index contributed by atoms with van der Waals surface area (Å²) in [6.45, 7) is 2.07. The molecule has 0 aliphatic heterocycles. The Morgan fingerprint density at radius 3 is 2.84 bits per heavy atom. The van der Waals surface area contributed by atoms with Crippen molar-refractivity contribution in [2.45, 2.75) is 25.7 Å². The number of rotatable bonds is 5. The molecule has 0 aromatic heterocycles. The van der Waals surface area contributed by atoms with E-state index >= 15 is 0 Å². The molecule has 1 N–H and O–H groups in total. The van der Waals surface area contributed by atoms with Gasteiger partial charge in [-0.1, -0.05) is 42.6 Å². The molecule has 1 rings (SSSR count). The molecule has 0 spiro atoms. The van der Waals surface area contributed by atoms with E-state index in [0.29, 0.717) is 10.0 Å². The Morgan fingerprint density at radius 2 is 2.26 bits per heavy atom. The summed E-state index contributed by atoms with van der Waals surface area (Å²) in [5.74, 6) is 0.0203. The molecule has 0 heterocycles. The Hall–Kier alpha value is -1.26. The van der Waals surface area contributed by atoms with Crippen LogP contribution in [0.15, 0.2) is 23.3 Å². The summed E-state index contributed by atoms with van der Waals surface area (Å²) >= 11 is 12.0. The Balaban J connectivity index is 2.84. The van der Waals surface area contributed by atoms with Crippen LogP contribution in [0, 0.1) is 0 Å². The van der Waals surface area contributed by atoms with Crippen molar-refractivity contribution in [3.8, 4) is 0 Å². The minimum atomic E-state index is -0.603. The van der Waals surface area contributed by atoms with E-state index in [2.05, 4.69) is 22.2 Å².